The van der Waals surface area contributed by atoms with Crippen LogP contribution in [0, 0.1) is 0 Å². The molecule has 5 aromatic rings. The second kappa shape index (κ2) is 9.24. The molecule has 0 aliphatic heterocycles. The molecule has 3 aromatic carbocycles. The van der Waals surface area contributed by atoms with E-state index in [0.29, 0.717) is 38.4 Å². The average Bonchev–Trinajstić information content (AvgIpc) is 2.87. The minimum absolute atomic E-state index is 0.122. The largest absolute Gasteiger partial charge is 0.497 e. The number of fused-ring (bicyclic) bond motifs is 2. The Morgan fingerprint density at radius 2 is 1.50 bits per heavy atom. The van der Waals surface area contributed by atoms with E-state index in [1.165, 1.54) is 44.6 Å². The number of methoxy groups -OCH3 is 2. The zero-order valence-electron chi connectivity index (χ0n) is 19.0. The van der Waals surface area contributed by atoms with Crippen molar-refractivity contribution in [2.75, 3.05) is 14.2 Å². The lowest BCUT2D eigenvalue weighted by Crippen LogP contribution is -2.09. The molecule has 0 radical (unpaired) electrons. The van der Waals surface area contributed by atoms with Gasteiger partial charge in [-0.2, -0.15) is 0 Å². The first-order valence-electron chi connectivity index (χ1n) is 10.6. The van der Waals surface area contributed by atoms with Crippen LogP contribution in [-0.2, 0) is 0 Å². The van der Waals surface area contributed by atoms with E-state index in [-0.39, 0.29) is 22.5 Å². The van der Waals surface area contributed by atoms with Crippen LogP contribution < -0.4 is 25.5 Å². The lowest BCUT2D eigenvalue weighted by atomic mass is 10.0. The first-order valence-corrected chi connectivity index (χ1v) is 11.0. The number of ether oxygens (including phenoxy) is 3. The molecule has 0 atom stereocenters. The highest BCUT2D eigenvalue weighted by Gasteiger charge is 2.17. The highest BCUT2D eigenvalue weighted by molar-refractivity contribution is 6.31. The fourth-order valence-corrected chi connectivity index (χ4v) is 3.98. The molecule has 0 unspecified atom stereocenters. The minimum Gasteiger partial charge on any atom is -0.497 e. The van der Waals surface area contributed by atoms with E-state index in [1.807, 2.05) is 0 Å². The number of hydrogen-bond donors (Lipinski definition) is 0. The van der Waals surface area contributed by atoms with Crippen molar-refractivity contribution in [1.29, 1.82) is 0 Å². The van der Waals surface area contributed by atoms with Gasteiger partial charge in [-0.05, 0) is 48.5 Å². The fourth-order valence-electron chi connectivity index (χ4n) is 3.80. The smallest absolute Gasteiger partial charge is 0.344 e. The predicted octanol–water partition coefficient (Wildman–Crippen LogP) is 5.46. The summed E-state index contributed by atoms with van der Waals surface area (Å²) in [5.41, 5.74) is -0.152. The van der Waals surface area contributed by atoms with Crippen LogP contribution in [0.15, 0.2) is 85.2 Å². The summed E-state index contributed by atoms with van der Waals surface area (Å²) in [4.78, 5) is 37.8. The molecule has 2 heterocycles. The number of esters is 1. The van der Waals surface area contributed by atoms with Crippen molar-refractivity contribution in [3.8, 4) is 28.4 Å². The van der Waals surface area contributed by atoms with Crippen molar-refractivity contribution in [1.82, 2.24) is 0 Å². The van der Waals surface area contributed by atoms with Crippen molar-refractivity contribution in [2.24, 2.45) is 0 Å². The molecule has 0 aliphatic rings. The van der Waals surface area contributed by atoms with Crippen LogP contribution in [0.25, 0.3) is 33.1 Å². The SMILES string of the molecule is COc1cc(OC)cc(C(=O)Oc2ccc3c(-c4cc5cc(Cl)ccc5oc4=O)cc(=O)oc3c2)c1. The summed E-state index contributed by atoms with van der Waals surface area (Å²) in [6.45, 7) is 0. The topological polar surface area (TPSA) is 105 Å². The number of halogens is 1. The number of rotatable bonds is 5. The van der Waals surface area contributed by atoms with Crippen LogP contribution in [0.1, 0.15) is 10.4 Å². The third-order valence-electron chi connectivity index (χ3n) is 5.50. The van der Waals surface area contributed by atoms with E-state index >= 15 is 0 Å². The highest BCUT2D eigenvalue weighted by atomic mass is 35.5. The summed E-state index contributed by atoms with van der Waals surface area (Å²) in [7, 11) is 2.94. The molecule has 180 valence electrons. The van der Waals surface area contributed by atoms with Crippen LogP contribution in [0.2, 0.25) is 5.02 Å². The van der Waals surface area contributed by atoms with Crippen LogP contribution in [0.4, 0.5) is 0 Å². The molecule has 9 heteroatoms. The van der Waals surface area contributed by atoms with E-state index < -0.39 is 17.2 Å². The lowest BCUT2D eigenvalue weighted by molar-refractivity contribution is 0.0734. The van der Waals surface area contributed by atoms with Crippen molar-refractivity contribution in [2.45, 2.75) is 0 Å². The summed E-state index contributed by atoms with van der Waals surface area (Å²) in [6, 6.07) is 16.8. The molecular formula is C27H17ClO8. The van der Waals surface area contributed by atoms with Gasteiger partial charge in [0.05, 0.1) is 25.3 Å². The monoisotopic (exact) mass is 504 g/mol. The molecule has 0 spiro atoms. The quantitative estimate of drug-likeness (QED) is 0.176. The summed E-state index contributed by atoms with van der Waals surface area (Å²) in [5.74, 6) is 0.306. The average molecular weight is 505 g/mol. The van der Waals surface area contributed by atoms with Gasteiger partial charge in [0.15, 0.2) is 0 Å². The standard InChI is InChI=1S/C27H17ClO8/c1-32-18-8-15(9-19(11-18)33-2)26(30)34-17-4-5-20-21(13-25(29)35-24(20)12-17)22-10-14-7-16(28)3-6-23(14)36-27(22)31/h3-13H,1-2H3. The van der Waals surface area contributed by atoms with Crippen LogP contribution in [0.5, 0.6) is 17.2 Å². The first-order chi connectivity index (χ1) is 17.3. The van der Waals surface area contributed by atoms with Gasteiger partial charge in [-0.25, -0.2) is 14.4 Å². The van der Waals surface area contributed by atoms with Crippen molar-refractivity contribution in [3.05, 3.63) is 98.2 Å². The molecule has 0 N–H and O–H groups in total. The Morgan fingerprint density at radius 1 is 0.750 bits per heavy atom. The van der Waals surface area contributed by atoms with E-state index in [4.69, 9.17) is 34.6 Å². The Labute approximate surface area is 208 Å². The second-order valence-corrected chi connectivity index (χ2v) is 8.19. The minimum atomic E-state index is -0.691. The third kappa shape index (κ3) is 4.42. The van der Waals surface area contributed by atoms with Gasteiger partial charge in [0.25, 0.3) is 0 Å². The van der Waals surface area contributed by atoms with Gasteiger partial charge >= 0.3 is 17.2 Å². The second-order valence-electron chi connectivity index (χ2n) is 7.76. The molecule has 0 saturated carbocycles. The van der Waals surface area contributed by atoms with Crippen LogP contribution in [0.3, 0.4) is 0 Å². The van der Waals surface area contributed by atoms with E-state index in [0.717, 1.165) is 0 Å². The molecule has 36 heavy (non-hydrogen) atoms. The molecule has 8 nitrogen and oxygen atoms in total. The van der Waals surface area contributed by atoms with E-state index in [1.54, 1.807) is 36.4 Å². The lowest BCUT2D eigenvalue weighted by Gasteiger charge is -2.10. The molecular weight excluding hydrogens is 488 g/mol. The van der Waals surface area contributed by atoms with Crippen LogP contribution in [-0.4, -0.2) is 20.2 Å². The highest BCUT2D eigenvalue weighted by Crippen LogP contribution is 2.31. The van der Waals surface area contributed by atoms with Gasteiger partial charge in [0.1, 0.15) is 28.4 Å². The van der Waals surface area contributed by atoms with E-state index in [2.05, 4.69) is 0 Å². The summed E-state index contributed by atoms with van der Waals surface area (Å²) in [6.07, 6.45) is 0. The van der Waals surface area contributed by atoms with Crippen molar-refractivity contribution < 1.29 is 27.8 Å². The first kappa shape index (κ1) is 23.2. The summed E-state index contributed by atoms with van der Waals surface area (Å²) in [5, 5.41) is 1.52. The van der Waals surface area contributed by atoms with Crippen molar-refractivity contribution >= 4 is 39.5 Å². The Morgan fingerprint density at radius 3 is 2.22 bits per heavy atom. The number of carbonyl (C=O) groups is 1. The molecule has 0 fully saturated rings. The van der Waals surface area contributed by atoms with Crippen molar-refractivity contribution in [3.63, 3.8) is 0 Å². The molecule has 0 amide bonds. The fraction of sp³-hybridized carbons (Fsp3) is 0.0741. The zero-order chi connectivity index (χ0) is 25.4. The number of hydrogen-bond acceptors (Lipinski definition) is 8. The normalized spacial score (nSPS) is 11.0. The maximum atomic E-state index is 12.7. The van der Waals surface area contributed by atoms with Gasteiger partial charge in [-0.3, -0.25) is 0 Å². The van der Waals surface area contributed by atoms with Gasteiger partial charge in [-0.15, -0.1) is 0 Å². The van der Waals surface area contributed by atoms with Gasteiger partial charge in [-0.1, -0.05) is 11.6 Å². The predicted molar refractivity (Wildman–Crippen MR) is 133 cm³/mol. The number of benzene rings is 3. The Kier molecular flexibility index (Phi) is 5.95. The Balaban J connectivity index is 1.56. The Hall–Kier alpha value is -4.56. The molecule has 5 rings (SSSR count). The summed E-state index contributed by atoms with van der Waals surface area (Å²) >= 11 is 6.07. The Bertz CT molecular complexity index is 1740. The molecule has 0 bridgehead atoms. The maximum absolute atomic E-state index is 12.7. The maximum Gasteiger partial charge on any atom is 0.344 e. The number of carbonyl (C=O) groups excluding carboxylic acids is 1. The van der Waals surface area contributed by atoms with Gasteiger partial charge in [0, 0.05) is 39.6 Å². The third-order valence-corrected chi connectivity index (χ3v) is 5.73. The van der Waals surface area contributed by atoms with Crippen LogP contribution >= 0.6 is 11.6 Å². The van der Waals surface area contributed by atoms with E-state index in [9.17, 15) is 14.4 Å². The molecule has 0 saturated heterocycles. The van der Waals surface area contributed by atoms with Gasteiger partial charge in [0.2, 0.25) is 0 Å². The zero-order valence-corrected chi connectivity index (χ0v) is 19.8. The molecule has 0 aliphatic carbocycles. The summed E-state index contributed by atoms with van der Waals surface area (Å²) < 4.78 is 26.6. The van der Waals surface area contributed by atoms with Gasteiger partial charge < -0.3 is 23.0 Å². The molecule has 2 aromatic heterocycles.